The highest BCUT2D eigenvalue weighted by Gasteiger charge is 2.14. The molecule has 0 N–H and O–H groups in total. The van der Waals surface area contributed by atoms with Crippen molar-refractivity contribution in [1.29, 1.82) is 0 Å². The molecule has 0 spiro atoms. The van der Waals surface area contributed by atoms with Crippen molar-refractivity contribution >= 4 is 111 Å². The second-order valence-electron chi connectivity index (χ2n) is 8.03. The Morgan fingerprint density at radius 3 is 0.568 bits per heavy atom. The maximum Gasteiger partial charge on any atom is 0.0705 e. The summed E-state index contributed by atoms with van der Waals surface area (Å²) < 4.78 is 2.35. The molecule has 0 aliphatic rings. The average Bonchev–Trinajstić information content (AvgIpc) is 3.73. The standard InChI is InChI=1S/C28H14Br2S7/c29-27-13-11-25(36-27)23-9-7-21(34-23)19-5-3-17(32-19)15-1-2-16(31-15)18-4-6-20(33-18)22-8-10-24(35-22)26-12-14-28(30)37-26/h1-14H. The molecule has 0 nitrogen and oxygen atoms in total. The van der Waals surface area contributed by atoms with E-state index in [0.29, 0.717) is 0 Å². The minimum atomic E-state index is 1.18. The molecule has 0 radical (unpaired) electrons. The number of halogens is 2. The average molecular weight is 735 g/mol. The largest absolute Gasteiger partial charge is 0.134 e. The second kappa shape index (κ2) is 10.4. The fraction of sp³-hybridized carbons (Fsp3) is 0. The smallest absolute Gasteiger partial charge is 0.0705 e. The van der Waals surface area contributed by atoms with Gasteiger partial charge in [-0.25, -0.2) is 0 Å². The van der Waals surface area contributed by atoms with Crippen molar-refractivity contribution in [2.75, 3.05) is 0 Å². The Balaban J connectivity index is 1.10. The third kappa shape index (κ3) is 5.11. The lowest BCUT2D eigenvalue weighted by Gasteiger charge is -1.93. The van der Waals surface area contributed by atoms with E-state index < -0.39 is 0 Å². The maximum atomic E-state index is 3.58. The molecule has 7 heterocycles. The van der Waals surface area contributed by atoms with Gasteiger partial charge in [0.25, 0.3) is 0 Å². The van der Waals surface area contributed by atoms with Crippen LogP contribution in [0.25, 0.3) is 58.5 Å². The van der Waals surface area contributed by atoms with Gasteiger partial charge in [-0.3, -0.25) is 0 Å². The van der Waals surface area contributed by atoms with Crippen molar-refractivity contribution in [3.05, 3.63) is 92.5 Å². The Hall–Kier alpha value is -1.14. The Labute approximate surface area is 259 Å². The predicted molar refractivity (Wildman–Crippen MR) is 180 cm³/mol. The van der Waals surface area contributed by atoms with Crippen molar-refractivity contribution in [2.24, 2.45) is 0 Å². The van der Waals surface area contributed by atoms with Crippen molar-refractivity contribution in [2.45, 2.75) is 0 Å². The van der Waals surface area contributed by atoms with Crippen LogP contribution in [0.1, 0.15) is 0 Å². The van der Waals surface area contributed by atoms with Crippen molar-refractivity contribution in [3.8, 4) is 58.5 Å². The molecule has 182 valence electrons. The van der Waals surface area contributed by atoms with E-state index in [4.69, 9.17) is 0 Å². The zero-order valence-corrected chi connectivity index (χ0v) is 27.6. The zero-order valence-electron chi connectivity index (χ0n) is 18.7. The third-order valence-electron chi connectivity index (χ3n) is 5.63. The molecular formula is C28H14Br2S7. The minimum Gasteiger partial charge on any atom is -0.134 e. The summed E-state index contributed by atoms with van der Waals surface area (Å²) in [6, 6.07) is 31.2. The highest BCUT2D eigenvalue weighted by atomic mass is 79.9. The summed E-state index contributed by atoms with van der Waals surface area (Å²) in [5.41, 5.74) is 0. The summed E-state index contributed by atoms with van der Waals surface area (Å²) in [5, 5.41) is 0. The molecule has 7 rings (SSSR count). The minimum absolute atomic E-state index is 1.18. The summed E-state index contributed by atoms with van der Waals surface area (Å²) in [6.45, 7) is 0. The third-order valence-corrected chi connectivity index (χ3v) is 15.5. The first-order valence-corrected chi connectivity index (χ1v) is 18.4. The molecule has 0 amide bonds. The van der Waals surface area contributed by atoms with Crippen LogP contribution < -0.4 is 0 Å². The molecule has 0 bridgehead atoms. The van der Waals surface area contributed by atoms with Crippen LogP contribution in [0.15, 0.2) is 92.5 Å². The lowest BCUT2D eigenvalue weighted by Crippen LogP contribution is -1.58. The van der Waals surface area contributed by atoms with Crippen LogP contribution in [0.4, 0.5) is 0 Å². The number of rotatable bonds is 6. The van der Waals surface area contributed by atoms with Gasteiger partial charge in [-0.2, -0.15) is 0 Å². The first kappa shape index (κ1) is 24.9. The van der Waals surface area contributed by atoms with Gasteiger partial charge in [-0.05, 0) is 117 Å². The molecule has 0 aliphatic carbocycles. The maximum absolute atomic E-state index is 3.58. The molecule has 0 fully saturated rings. The molecule has 7 aromatic rings. The number of hydrogen-bond donors (Lipinski definition) is 0. The van der Waals surface area contributed by atoms with Crippen LogP contribution in [-0.2, 0) is 0 Å². The van der Waals surface area contributed by atoms with Gasteiger partial charge in [0.2, 0.25) is 0 Å². The van der Waals surface area contributed by atoms with Gasteiger partial charge in [0.05, 0.1) is 7.57 Å². The fourth-order valence-electron chi connectivity index (χ4n) is 3.91. The number of thiophene rings is 7. The molecular weight excluding hydrogens is 721 g/mol. The molecule has 0 unspecified atom stereocenters. The summed E-state index contributed by atoms with van der Waals surface area (Å²) >= 11 is 20.1. The van der Waals surface area contributed by atoms with Gasteiger partial charge < -0.3 is 0 Å². The first-order valence-electron chi connectivity index (χ1n) is 11.1. The Bertz CT molecular complexity index is 1700. The fourth-order valence-corrected chi connectivity index (χ4v) is 12.3. The van der Waals surface area contributed by atoms with Gasteiger partial charge in [0, 0.05) is 58.5 Å². The lowest BCUT2D eigenvalue weighted by molar-refractivity contribution is 1.89. The predicted octanol–water partition coefficient (Wildman–Crippen LogP) is 13.6. The highest BCUT2D eigenvalue weighted by molar-refractivity contribution is 9.11. The molecule has 0 saturated carbocycles. The summed E-state index contributed by atoms with van der Waals surface area (Å²) in [4.78, 5) is 16.0. The van der Waals surface area contributed by atoms with Crippen LogP contribution in [-0.4, -0.2) is 0 Å². The van der Waals surface area contributed by atoms with Crippen molar-refractivity contribution in [1.82, 2.24) is 0 Å². The second-order valence-corrected chi connectivity index (χ2v) is 18.4. The van der Waals surface area contributed by atoms with Gasteiger partial charge in [-0.1, -0.05) is 0 Å². The van der Waals surface area contributed by atoms with Crippen molar-refractivity contribution < 1.29 is 0 Å². The van der Waals surface area contributed by atoms with Gasteiger partial charge in [0.1, 0.15) is 0 Å². The van der Waals surface area contributed by atoms with E-state index in [1.54, 1.807) is 22.7 Å². The summed E-state index contributed by atoms with van der Waals surface area (Å²) in [7, 11) is 0. The van der Waals surface area contributed by atoms with E-state index in [9.17, 15) is 0 Å². The van der Waals surface area contributed by atoms with E-state index in [1.807, 2.05) is 56.7 Å². The van der Waals surface area contributed by atoms with Crippen LogP contribution in [0.5, 0.6) is 0 Å². The summed E-state index contributed by atoms with van der Waals surface area (Å²) in [6.07, 6.45) is 0. The zero-order chi connectivity index (χ0) is 24.9. The van der Waals surface area contributed by atoms with E-state index in [1.165, 1.54) is 66.1 Å². The summed E-state index contributed by atoms with van der Waals surface area (Å²) in [5.74, 6) is 0. The Kier molecular flexibility index (Phi) is 7.02. The first-order chi connectivity index (χ1) is 18.1. The van der Waals surface area contributed by atoms with Gasteiger partial charge in [0.15, 0.2) is 0 Å². The van der Waals surface area contributed by atoms with E-state index in [-0.39, 0.29) is 0 Å². The van der Waals surface area contributed by atoms with Gasteiger partial charge in [-0.15, -0.1) is 79.4 Å². The molecule has 9 heteroatoms. The Morgan fingerprint density at radius 2 is 0.405 bits per heavy atom. The van der Waals surface area contributed by atoms with E-state index >= 15 is 0 Å². The lowest BCUT2D eigenvalue weighted by atomic mass is 10.3. The molecule has 0 atom stereocenters. The number of hydrogen-bond acceptors (Lipinski definition) is 7. The Morgan fingerprint density at radius 1 is 0.243 bits per heavy atom. The quantitative estimate of drug-likeness (QED) is 0.160. The topological polar surface area (TPSA) is 0 Å². The van der Waals surface area contributed by atoms with Gasteiger partial charge >= 0.3 is 0 Å². The molecule has 7 aromatic heterocycles. The van der Waals surface area contributed by atoms with Crippen molar-refractivity contribution in [3.63, 3.8) is 0 Å². The highest BCUT2D eigenvalue weighted by Crippen LogP contribution is 2.47. The molecule has 0 saturated heterocycles. The van der Waals surface area contributed by atoms with E-state index in [0.717, 1.165) is 0 Å². The normalized spacial score (nSPS) is 11.5. The molecule has 0 aliphatic heterocycles. The van der Waals surface area contributed by atoms with Crippen LogP contribution in [0.2, 0.25) is 0 Å². The van der Waals surface area contributed by atoms with Crippen LogP contribution >= 0.6 is 111 Å². The molecule has 0 aromatic carbocycles. The SMILES string of the molecule is Brc1ccc(-c2ccc(-c3ccc(-c4ccc(-c5ccc(-c6ccc(-c7ccc(Br)s7)s6)s5)s4)s3)s2)s1. The van der Waals surface area contributed by atoms with E-state index in [2.05, 4.69) is 117 Å². The van der Waals surface area contributed by atoms with Crippen LogP contribution in [0, 0.1) is 0 Å². The van der Waals surface area contributed by atoms with Crippen LogP contribution in [0.3, 0.4) is 0 Å². The monoisotopic (exact) mass is 732 g/mol. The molecule has 37 heavy (non-hydrogen) atoms.